The number of piperidine rings is 1. The molecule has 0 bridgehead atoms. The van der Waals surface area contributed by atoms with Gasteiger partial charge in [-0.1, -0.05) is 0 Å². The highest BCUT2D eigenvalue weighted by Gasteiger charge is 2.24. The minimum Gasteiger partial charge on any atom is -0.493 e. The predicted octanol–water partition coefficient (Wildman–Crippen LogP) is 1.76. The number of ether oxygens (including phenoxy) is 2. The third-order valence-corrected chi connectivity index (χ3v) is 4.49. The number of carbonyl (C=O) groups is 1. The molecule has 1 aromatic heterocycles. The maximum absolute atomic E-state index is 12.5. The second kappa shape index (κ2) is 7.50. The molecular formula is C17H23N5O3. The van der Waals surface area contributed by atoms with Crippen molar-refractivity contribution in [3.63, 3.8) is 0 Å². The van der Waals surface area contributed by atoms with E-state index in [9.17, 15) is 4.79 Å². The molecule has 8 nitrogen and oxygen atoms in total. The van der Waals surface area contributed by atoms with Crippen LogP contribution in [0.15, 0.2) is 18.2 Å². The SMILES string of the molecule is COc1ccc(-c2nnn(CC(=O)N3CCCC[C@@H]3C)n2)cc1OC. The van der Waals surface area contributed by atoms with Crippen LogP contribution in [0.5, 0.6) is 11.5 Å². The summed E-state index contributed by atoms with van der Waals surface area (Å²) in [4.78, 5) is 15.7. The number of hydrogen-bond donors (Lipinski definition) is 0. The number of benzene rings is 1. The first-order valence-corrected chi connectivity index (χ1v) is 8.42. The van der Waals surface area contributed by atoms with E-state index in [1.54, 1.807) is 26.4 Å². The number of carbonyl (C=O) groups excluding carboxylic acids is 1. The molecule has 2 aromatic rings. The molecule has 134 valence electrons. The summed E-state index contributed by atoms with van der Waals surface area (Å²) in [5.74, 6) is 1.70. The Bertz CT molecular complexity index is 746. The molecule has 0 N–H and O–H groups in total. The van der Waals surface area contributed by atoms with Crippen LogP contribution < -0.4 is 9.47 Å². The second-order valence-corrected chi connectivity index (χ2v) is 6.15. The van der Waals surface area contributed by atoms with Crippen LogP contribution in [0, 0.1) is 0 Å². The van der Waals surface area contributed by atoms with Gasteiger partial charge in [-0.3, -0.25) is 4.79 Å². The van der Waals surface area contributed by atoms with Crippen LogP contribution in [-0.2, 0) is 11.3 Å². The van der Waals surface area contributed by atoms with E-state index in [0.717, 1.165) is 24.9 Å². The van der Waals surface area contributed by atoms with Gasteiger partial charge in [-0.05, 0) is 49.6 Å². The quantitative estimate of drug-likeness (QED) is 0.821. The lowest BCUT2D eigenvalue weighted by atomic mass is 10.0. The Kier molecular flexibility index (Phi) is 5.16. The molecular weight excluding hydrogens is 322 g/mol. The Hall–Kier alpha value is -2.64. The van der Waals surface area contributed by atoms with Crippen LogP contribution in [0.4, 0.5) is 0 Å². The van der Waals surface area contributed by atoms with Crippen molar-refractivity contribution < 1.29 is 14.3 Å². The number of rotatable bonds is 5. The summed E-state index contributed by atoms with van der Waals surface area (Å²) in [6.45, 7) is 2.99. The van der Waals surface area contributed by atoms with Crippen molar-refractivity contribution >= 4 is 5.91 Å². The van der Waals surface area contributed by atoms with Crippen molar-refractivity contribution in [2.24, 2.45) is 0 Å². The highest BCUT2D eigenvalue weighted by Crippen LogP contribution is 2.30. The van der Waals surface area contributed by atoms with Crippen molar-refractivity contribution in [1.29, 1.82) is 0 Å². The van der Waals surface area contributed by atoms with Gasteiger partial charge in [0.15, 0.2) is 11.5 Å². The van der Waals surface area contributed by atoms with Crippen LogP contribution in [0.3, 0.4) is 0 Å². The van der Waals surface area contributed by atoms with Gasteiger partial charge in [-0.15, -0.1) is 10.2 Å². The Morgan fingerprint density at radius 1 is 1.24 bits per heavy atom. The molecule has 0 spiro atoms. The molecule has 1 aliphatic rings. The monoisotopic (exact) mass is 345 g/mol. The lowest BCUT2D eigenvalue weighted by molar-refractivity contribution is -0.135. The molecule has 0 saturated carbocycles. The number of aromatic nitrogens is 4. The third kappa shape index (κ3) is 3.72. The van der Waals surface area contributed by atoms with E-state index in [1.165, 1.54) is 11.2 Å². The van der Waals surface area contributed by atoms with Gasteiger partial charge in [0, 0.05) is 18.2 Å². The number of amides is 1. The summed E-state index contributed by atoms with van der Waals surface area (Å²) in [6.07, 6.45) is 3.28. The summed E-state index contributed by atoms with van der Waals surface area (Å²) in [6, 6.07) is 5.68. The van der Waals surface area contributed by atoms with E-state index < -0.39 is 0 Å². The Labute approximate surface area is 146 Å². The molecule has 1 aliphatic heterocycles. The average Bonchev–Trinajstić information content (AvgIpc) is 3.09. The van der Waals surface area contributed by atoms with Crippen molar-refractivity contribution in [3.05, 3.63) is 18.2 Å². The Morgan fingerprint density at radius 2 is 2.04 bits per heavy atom. The first-order valence-electron chi connectivity index (χ1n) is 8.42. The molecule has 1 atom stereocenters. The number of tetrazole rings is 1. The van der Waals surface area contributed by atoms with Crippen molar-refractivity contribution in [2.75, 3.05) is 20.8 Å². The van der Waals surface area contributed by atoms with Gasteiger partial charge >= 0.3 is 0 Å². The highest BCUT2D eigenvalue weighted by molar-refractivity contribution is 5.76. The summed E-state index contributed by atoms with van der Waals surface area (Å²) in [7, 11) is 3.16. The fraction of sp³-hybridized carbons (Fsp3) is 0.529. The first-order chi connectivity index (χ1) is 12.1. The van der Waals surface area contributed by atoms with Crippen LogP contribution in [0.1, 0.15) is 26.2 Å². The number of nitrogens with zero attached hydrogens (tertiary/aromatic N) is 5. The van der Waals surface area contributed by atoms with E-state index in [1.807, 2.05) is 11.0 Å². The smallest absolute Gasteiger partial charge is 0.246 e. The number of hydrogen-bond acceptors (Lipinski definition) is 6. The molecule has 1 aromatic carbocycles. The van der Waals surface area contributed by atoms with Gasteiger partial charge in [0.2, 0.25) is 11.7 Å². The number of methoxy groups -OCH3 is 2. The molecule has 8 heteroatoms. The maximum atomic E-state index is 12.5. The van der Waals surface area contributed by atoms with Gasteiger partial charge in [-0.2, -0.15) is 4.80 Å². The van der Waals surface area contributed by atoms with Crippen LogP contribution in [0.2, 0.25) is 0 Å². The Balaban J connectivity index is 1.73. The standard InChI is InChI=1S/C17H23N5O3/c1-12-6-4-5-9-21(12)16(23)11-22-19-17(18-20-22)13-7-8-14(24-2)15(10-13)25-3/h7-8,10,12H,4-6,9,11H2,1-3H3/t12-/m0/s1. The molecule has 2 heterocycles. The zero-order chi connectivity index (χ0) is 17.8. The van der Waals surface area contributed by atoms with Crippen LogP contribution in [0.25, 0.3) is 11.4 Å². The van der Waals surface area contributed by atoms with Gasteiger partial charge in [-0.25, -0.2) is 0 Å². The van der Waals surface area contributed by atoms with Gasteiger partial charge in [0.1, 0.15) is 6.54 Å². The fourth-order valence-electron chi connectivity index (χ4n) is 3.08. The molecule has 1 saturated heterocycles. The molecule has 0 aliphatic carbocycles. The van der Waals surface area contributed by atoms with E-state index >= 15 is 0 Å². The predicted molar refractivity (Wildman–Crippen MR) is 91.4 cm³/mol. The largest absolute Gasteiger partial charge is 0.493 e. The maximum Gasteiger partial charge on any atom is 0.246 e. The van der Waals surface area contributed by atoms with Crippen molar-refractivity contribution in [2.45, 2.75) is 38.8 Å². The summed E-state index contributed by atoms with van der Waals surface area (Å²) in [5.41, 5.74) is 0.752. The summed E-state index contributed by atoms with van der Waals surface area (Å²) < 4.78 is 10.5. The molecule has 25 heavy (non-hydrogen) atoms. The lowest BCUT2D eigenvalue weighted by Crippen LogP contribution is -2.43. The minimum atomic E-state index is 0.0310. The third-order valence-electron chi connectivity index (χ3n) is 4.49. The molecule has 3 rings (SSSR count). The van der Waals surface area contributed by atoms with Gasteiger partial charge in [0.05, 0.1) is 14.2 Å². The van der Waals surface area contributed by atoms with Gasteiger partial charge in [0.25, 0.3) is 0 Å². The minimum absolute atomic E-state index is 0.0310. The van der Waals surface area contributed by atoms with Crippen molar-refractivity contribution in [3.8, 4) is 22.9 Å². The zero-order valence-electron chi connectivity index (χ0n) is 14.8. The van der Waals surface area contributed by atoms with E-state index in [-0.39, 0.29) is 18.5 Å². The normalized spacial score (nSPS) is 17.4. The lowest BCUT2D eigenvalue weighted by Gasteiger charge is -2.33. The van der Waals surface area contributed by atoms with Gasteiger partial charge < -0.3 is 14.4 Å². The average molecular weight is 345 g/mol. The molecule has 1 fully saturated rings. The van der Waals surface area contributed by atoms with E-state index in [4.69, 9.17) is 9.47 Å². The highest BCUT2D eigenvalue weighted by atomic mass is 16.5. The zero-order valence-corrected chi connectivity index (χ0v) is 14.8. The molecule has 0 radical (unpaired) electrons. The summed E-state index contributed by atoms with van der Waals surface area (Å²) >= 11 is 0. The van der Waals surface area contributed by atoms with E-state index in [0.29, 0.717) is 17.3 Å². The topological polar surface area (TPSA) is 82.4 Å². The fourth-order valence-corrected chi connectivity index (χ4v) is 3.08. The van der Waals surface area contributed by atoms with Crippen LogP contribution in [-0.4, -0.2) is 57.8 Å². The van der Waals surface area contributed by atoms with E-state index in [2.05, 4.69) is 22.3 Å². The molecule has 0 unspecified atom stereocenters. The van der Waals surface area contributed by atoms with Crippen molar-refractivity contribution in [1.82, 2.24) is 25.1 Å². The second-order valence-electron chi connectivity index (χ2n) is 6.15. The van der Waals surface area contributed by atoms with Crippen LogP contribution >= 0.6 is 0 Å². The molecule has 1 amide bonds. The Morgan fingerprint density at radius 3 is 2.76 bits per heavy atom. The summed E-state index contributed by atoms with van der Waals surface area (Å²) in [5, 5.41) is 12.4. The first kappa shape index (κ1) is 17.2. The number of likely N-dealkylation sites (tertiary alicyclic amines) is 1.